The average molecular weight is 484 g/mol. The number of para-hydroxylation sites is 1. The maximum atomic E-state index is 12.7. The normalized spacial score (nSPS) is 17.6. The largest absolute Gasteiger partial charge is 1.00 e. The van der Waals surface area contributed by atoms with Gasteiger partial charge in [-0.25, -0.2) is 0 Å². The zero-order chi connectivity index (χ0) is 21.5. The Morgan fingerprint density at radius 1 is 0.933 bits per heavy atom. The maximum absolute atomic E-state index is 12.7. The molecule has 0 atom stereocenters. The number of carbonyl (C=O) groups is 1. The fourth-order valence-electron chi connectivity index (χ4n) is 2.84. The third-order valence-corrected chi connectivity index (χ3v) is 7.79. The Hall–Kier alpha value is -0.290. The molecule has 0 spiro atoms. The van der Waals surface area contributed by atoms with Crippen molar-refractivity contribution in [3.63, 3.8) is 0 Å². The summed E-state index contributed by atoms with van der Waals surface area (Å²) in [7, 11) is -10.0. The third kappa shape index (κ3) is 4.58. The van der Waals surface area contributed by atoms with Gasteiger partial charge in [0.1, 0.15) is 11.5 Å². The Morgan fingerprint density at radius 3 is 1.80 bits per heavy atom. The van der Waals surface area contributed by atoms with E-state index in [9.17, 15) is 40.9 Å². The van der Waals surface area contributed by atoms with Gasteiger partial charge in [-0.1, -0.05) is 12.1 Å². The molecule has 158 valence electrons. The Kier molecular flexibility index (Phi) is 10.0. The predicted octanol–water partition coefficient (Wildman–Crippen LogP) is -5.35. The minimum atomic E-state index is -5.79. The van der Waals surface area contributed by atoms with E-state index in [0.717, 1.165) is 26.4 Å². The first-order valence-electron chi connectivity index (χ1n) is 7.30. The second-order valence-corrected chi connectivity index (χ2v) is 9.07. The predicted molar refractivity (Wildman–Crippen MR) is 96.0 cm³/mol. The first-order valence-corrected chi connectivity index (χ1v) is 10.2. The van der Waals surface area contributed by atoms with Crippen molar-refractivity contribution < 1.29 is 112 Å². The number of benzene rings is 1. The number of carbonyl (C=O) groups excluding carboxylic acids is 1. The van der Waals surface area contributed by atoms with Crippen molar-refractivity contribution in [1.29, 1.82) is 0 Å². The molecule has 1 aromatic carbocycles. The van der Waals surface area contributed by atoms with Crippen LogP contribution in [0, 0.1) is 0 Å². The molecule has 0 saturated carbocycles. The fraction of sp³-hybridized carbons (Fsp3) is 0.267. The van der Waals surface area contributed by atoms with Gasteiger partial charge in [0, 0.05) is 20.3 Å². The van der Waals surface area contributed by atoms with Crippen molar-refractivity contribution >= 4 is 26.0 Å². The van der Waals surface area contributed by atoms with Crippen LogP contribution in [0.3, 0.4) is 0 Å². The van der Waals surface area contributed by atoms with Crippen LogP contribution in [0.25, 0.3) is 0 Å². The Bertz CT molecular complexity index is 1070. The number of Topliss-reactive ketones (excluding diaryl/α,β-unsaturated/α-hetero) is 1. The molecule has 30 heavy (non-hydrogen) atoms. The third-order valence-electron chi connectivity index (χ3n) is 4.19. The van der Waals surface area contributed by atoms with Crippen molar-refractivity contribution in [2.45, 2.75) is 9.87 Å². The molecule has 0 radical (unpaired) electrons. The van der Waals surface area contributed by atoms with Gasteiger partial charge in [-0.2, -0.15) is 16.8 Å². The SMILES string of the molecule is COC1(OC)C=C(O)C(C(=O)c2ccccc2O)=CC1(S(=O)(=O)O)S(=O)(=O)O.[H-].[H-].[Na+].[Na+]. The van der Waals surface area contributed by atoms with Gasteiger partial charge in [0.25, 0.3) is 24.3 Å². The molecule has 0 fully saturated rings. The van der Waals surface area contributed by atoms with E-state index < -0.39 is 58.5 Å². The molecular formula is C15H18Na2O11S2. The van der Waals surface area contributed by atoms with E-state index in [0.29, 0.717) is 6.08 Å². The molecule has 11 nitrogen and oxygen atoms in total. The van der Waals surface area contributed by atoms with Gasteiger partial charge < -0.3 is 22.5 Å². The summed E-state index contributed by atoms with van der Waals surface area (Å²) >= 11 is 0. The summed E-state index contributed by atoms with van der Waals surface area (Å²) in [5, 5.41) is 20.0. The zero-order valence-electron chi connectivity index (χ0n) is 18.4. The van der Waals surface area contributed by atoms with Crippen molar-refractivity contribution in [3.05, 3.63) is 53.3 Å². The van der Waals surface area contributed by atoms with Crippen molar-refractivity contribution in [2.75, 3.05) is 14.2 Å². The quantitative estimate of drug-likeness (QED) is 0.131. The minimum Gasteiger partial charge on any atom is -1.00 e. The molecule has 0 unspecified atom stereocenters. The Balaban J connectivity index is -0.00000210. The topological polar surface area (TPSA) is 185 Å². The van der Waals surface area contributed by atoms with Crippen LogP contribution in [0.1, 0.15) is 13.2 Å². The van der Waals surface area contributed by atoms with E-state index in [1.54, 1.807) is 0 Å². The maximum Gasteiger partial charge on any atom is 1.00 e. The number of aliphatic hydroxyl groups excluding tert-OH is 1. The standard InChI is InChI=1S/C15H16O11S2.2Na.2H/c1-25-14(26-2)8-12(17)10(13(18)9-5-3-4-6-11(9)16)7-15(14,27(19,20)21)28(22,23)24;;;;/h3-8,16-17H,1-2H3,(H,19,20,21)(H,22,23,24);;;;/q;2*+1;2*-1. The number of allylic oxidation sites excluding steroid dienone is 1. The zero-order valence-corrected chi connectivity index (χ0v) is 22.1. The van der Waals surface area contributed by atoms with Crippen LogP contribution >= 0.6 is 0 Å². The molecule has 1 aromatic rings. The summed E-state index contributed by atoms with van der Waals surface area (Å²) in [5.74, 6) is -5.70. The Labute approximate surface area is 219 Å². The van der Waals surface area contributed by atoms with E-state index in [-0.39, 0.29) is 68.0 Å². The Morgan fingerprint density at radius 2 is 1.40 bits per heavy atom. The molecule has 0 aromatic heterocycles. The van der Waals surface area contributed by atoms with Crippen LogP contribution in [0.2, 0.25) is 0 Å². The molecule has 15 heteroatoms. The van der Waals surface area contributed by atoms with E-state index in [2.05, 4.69) is 0 Å². The summed E-state index contributed by atoms with van der Waals surface area (Å²) in [5.41, 5.74) is -1.38. The van der Waals surface area contributed by atoms with Crippen molar-refractivity contribution in [3.8, 4) is 5.75 Å². The molecule has 0 heterocycles. The first-order chi connectivity index (χ1) is 12.8. The molecular weight excluding hydrogens is 466 g/mol. The minimum absolute atomic E-state index is 0. The van der Waals surface area contributed by atoms with Crippen LogP contribution in [-0.2, 0) is 29.7 Å². The number of ether oxygens (including phenoxy) is 2. The molecule has 2 rings (SSSR count). The molecule has 0 bridgehead atoms. The fourth-order valence-corrected chi connectivity index (χ4v) is 5.61. The summed E-state index contributed by atoms with van der Waals surface area (Å²) < 4.78 is 73.6. The second kappa shape index (κ2) is 10.1. The molecule has 0 amide bonds. The molecule has 0 saturated heterocycles. The van der Waals surface area contributed by atoms with E-state index in [4.69, 9.17) is 9.47 Å². The van der Waals surface area contributed by atoms with E-state index in [1.165, 1.54) is 12.1 Å². The number of aliphatic hydroxyl groups is 1. The number of aromatic hydroxyl groups is 1. The molecule has 0 aliphatic heterocycles. The van der Waals surface area contributed by atoms with Gasteiger partial charge in [-0.15, -0.1) is 0 Å². The monoisotopic (exact) mass is 484 g/mol. The summed E-state index contributed by atoms with van der Waals surface area (Å²) in [6.07, 6.45) is 0.483. The number of ketones is 1. The number of methoxy groups -OCH3 is 2. The second-order valence-electron chi connectivity index (χ2n) is 5.63. The molecule has 1 aliphatic carbocycles. The first kappa shape index (κ1) is 29.7. The summed E-state index contributed by atoms with van der Waals surface area (Å²) in [6, 6.07) is 4.94. The van der Waals surface area contributed by atoms with Crippen molar-refractivity contribution in [1.82, 2.24) is 0 Å². The van der Waals surface area contributed by atoms with E-state index >= 15 is 0 Å². The van der Waals surface area contributed by atoms with Crippen LogP contribution in [0.4, 0.5) is 0 Å². The van der Waals surface area contributed by atoms with Gasteiger partial charge in [0.05, 0.1) is 11.1 Å². The van der Waals surface area contributed by atoms with Crippen LogP contribution in [-0.4, -0.2) is 66.0 Å². The number of phenols is 1. The van der Waals surface area contributed by atoms with Gasteiger partial charge in [-0.05, 0) is 18.2 Å². The van der Waals surface area contributed by atoms with Gasteiger partial charge in [0.2, 0.25) is 5.79 Å². The number of hydrogen-bond acceptors (Lipinski definition) is 9. The van der Waals surface area contributed by atoms with Crippen LogP contribution in [0.5, 0.6) is 5.75 Å². The van der Waals surface area contributed by atoms with E-state index in [1.807, 2.05) is 0 Å². The van der Waals surface area contributed by atoms with Gasteiger partial charge in [0.15, 0.2) is 5.78 Å². The van der Waals surface area contributed by atoms with Crippen LogP contribution < -0.4 is 59.1 Å². The number of rotatable bonds is 6. The van der Waals surface area contributed by atoms with Crippen molar-refractivity contribution in [2.24, 2.45) is 0 Å². The summed E-state index contributed by atoms with van der Waals surface area (Å²) in [4.78, 5) is 12.7. The molecule has 1 aliphatic rings. The average Bonchev–Trinajstić information content (AvgIpc) is 2.59. The van der Waals surface area contributed by atoms with Crippen LogP contribution in [0.15, 0.2) is 47.7 Å². The van der Waals surface area contributed by atoms with Gasteiger partial charge in [-0.3, -0.25) is 13.9 Å². The molecule has 4 N–H and O–H groups in total. The number of phenolic OH excluding ortho intramolecular Hbond substituents is 1. The number of hydrogen-bond donors (Lipinski definition) is 4. The summed E-state index contributed by atoms with van der Waals surface area (Å²) in [6.45, 7) is 0. The van der Waals surface area contributed by atoms with Gasteiger partial charge >= 0.3 is 59.1 Å². The smallest absolute Gasteiger partial charge is 1.00 e.